The van der Waals surface area contributed by atoms with Gasteiger partial charge in [0.15, 0.2) is 0 Å². The standard InChI is InChI=1S/C22H23N3O3/c1-23-22(27)15-8-13(21(26)25-19-16-9-24-10-17(16)19)7-14-18(11-28-20(14)15)12-5-3-2-4-6-12/h2-8,16-19,24H,9-11H2,1H3,(H,23,27)(H,25,26)/t16-,17+,18?,19+. The smallest absolute Gasteiger partial charge is 0.254 e. The topological polar surface area (TPSA) is 79.5 Å². The first-order valence-electron chi connectivity index (χ1n) is 9.76. The number of fused-ring (bicyclic) bond motifs is 2. The van der Waals surface area contributed by atoms with Crippen LogP contribution in [-0.2, 0) is 0 Å². The Labute approximate surface area is 163 Å². The van der Waals surface area contributed by atoms with Crippen LogP contribution in [0.2, 0.25) is 0 Å². The summed E-state index contributed by atoms with van der Waals surface area (Å²) < 4.78 is 5.91. The minimum absolute atomic E-state index is 0.0110. The molecule has 3 aliphatic rings. The van der Waals surface area contributed by atoms with Gasteiger partial charge in [-0.05, 0) is 29.5 Å². The van der Waals surface area contributed by atoms with Gasteiger partial charge >= 0.3 is 0 Å². The van der Waals surface area contributed by atoms with E-state index in [2.05, 4.69) is 16.0 Å². The van der Waals surface area contributed by atoms with E-state index >= 15 is 0 Å². The average Bonchev–Trinajstić information content (AvgIpc) is 3.10. The molecule has 2 aromatic rings. The molecule has 2 amide bonds. The third-order valence-electron chi connectivity index (χ3n) is 6.21. The number of piperidine rings is 1. The van der Waals surface area contributed by atoms with Gasteiger partial charge in [0, 0.05) is 43.2 Å². The van der Waals surface area contributed by atoms with Crippen molar-refractivity contribution < 1.29 is 14.3 Å². The van der Waals surface area contributed by atoms with Crippen molar-refractivity contribution in [2.24, 2.45) is 11.8 Å². The number of benzene rings is 2. The maximum atomic E-state index is 12.9. The van der Waals surface area contributed by atoms with E-state index in [-0.39, 0.29) is 23.8 Å². The summed E-state index contributed by atoms with van der Waals surface area (Å²) in [5, 5.41) is 9.14. The molecule has 28 heavy (non-hydrogen) atoms. The molecule has 0 spiro atoms. The van der Waals surface area contributed by atoms with E-state index in [1.54, 1.807) is 13.1 Å². The monoisotopic (exact) mass is 377 g/mol. The largest absolute Gasteiger partial charge is 0.491 e. The molecule has 2 aromatic carbocycles. The quantitative estimate of drug-likeness (QED) is 0.755. The Hall–Kier alpha value is -2.86. The van der Waals surface area contributed by atoms with Gasteiger partial charge in [0.1, 0.15) is 5.75 Å². The zero-order valence-electron chi connectivity index (χ0n) is 15.7. The number of carbonyl (C=O) groups excluding carboxylic acids is 2. The third kappa shape index (κ3) is 2.76. The van der Waals surface area contributed by atoms with Gasteiger partial charge in [-0.25, -0.2) is 0 Å². The van der Waals surface area contributed by atoms with Crippen LogP contribution in [0.25, 0.3) is 0 Å². The normalized spacial score (nSPS) is 26.8. The van der Waals surface area contributed by atoms with Crippen molar-refractivity contribution in [1.29, 1.82) is 0 Å². The van der Waals surface area contributed by atoms with Crippen LogP contribution in [0.5, 0.6) is 5.75 Å². The van der Waals surface area contributed by atoms with Gasteiger partial charge in [0.05, 0.1) is 12.2 Å². The third-order valence-corrected chi connectivity index (χ3v) is 6.21. The molecule has 6 heteroatoms. The van der Waals surface area contributed by atoms with Gasteiger partial charge in [-0.1, -0.05) is 30.3 Å². The fraction of sp³-hybridized carbons (Fsp3) is 0.364. The molecular formula is C22H23N3O3. The van der Waals surface area contributed by atoms with Crippen molar-refractivity contribution in [1.82, 2.24) is 16.0 Å². The fourth-order valence-electron chi connectivity index (χ4n) is 4.59. The predicted octanol–water partition coefficient (Wildman–Crippen LogP) is 1.52. The van der Waals surface area contributed by atoms with E-state index in [1.807, 2.05) is 36.4 Å². The molecule has 2 fully saturated rings. The number of hydrogen-bond acceptors (Lipinski definition) is 4. The van der Waals surface area contributed by atoms with E-state index in [9.17, 15) is 9.59 Å². The number of rotatable bonds is 4. The Morgan fingerprint density at radius 1 is 1.07 bits per heavy atom. The SMILES string of the molecule is CNC(=O)c1cc(C(=O)N[C@H]2[C@@H]3CNC[C@@H]32)cc2c1OCC2c1ccccc1. The molecule has 1 aliphatic carbocycles. The van der Waals surface area contributed by atoms with Crippen LogP contribution in [0.3, 0.4) is 0 Å². The van der Waals surface area contributed by atoms with Gasteiger partial charge in [-0.15, -0.1) is 0 Å². The van der Waals surface area contributed by atoms with Gasteiger partial charge in [-0.3, -0.25) is 9.59 Å². The Morgan fingerprint density at radius 2 is 1.82 bits per heavy atom. The van der Waals surface area contributed by atoms with E-state index in [4.69, 9.17) is 4.74 Å². The highest BCUT2D eigenvalue weighted by molar-refractivity contribution is 6.02. The highest BCUT2D eigenvalue weighted by Crippen LogP contribution is 2.43. The molecule has 0 radical (unpaired) electrons. The summed E-state index contributed by atoms with van der Waals surface area (Å²) in [6.07, 6.45) is 0. The minimum atomic E-state index is -0.243. The van der Waals surface area contributed by atoms with Crippen molar-refractivity contribution in [3.63, 3.8) is 0 Å². The van der Waals surface area contributed by atoms with E-state index in [0.717, 1.165) is 24.2 Å². The second kappa shape index (κ2) is 6.63. The number of ether oxygens (including phenoxy) is 1. The lowest BCUT2D eigenvalue weighted by atomic mass is 9.90. The number of nitrogens with one attached hydrogen (secondary N) is 3. The lowest BCUT2D eigenvalue weighted by molar-refractivity contribution is 0.0946. The lowest BCUT2D eigenvalue weighted by Gasteiger charge is -2.13. The van der Waals surface area contributed by atoms with Crippen molar-refractivity contribution in [3.05, 3.63) is 64.7 Å². The Balaban J connectivity index is 1.50. The first-order valence-corrected chi connectivity index (χ1v) is 9.76. The fourth-order valence-corrected chi connectivity index (χ4v) is 4.59. The molecular weight excluding hydrogens is 354 g/mol. The van der Waals surface area contributed by atoms with Crippen molar-refractivity contribution >= 4 is 11.8 Å². The lowest BCUT2D eigenvalue weighted by Crippen LogP contribution is -2.32. The Bertz CT molecular complexity index is 934. The van der Waals surface area contributed by atoms with Gasteiger partial charge in [-0.2, -0.15) is 0 Å². The summed E-state index contributed by atoms with van der Waals surface area (Å²) in [6.45, 7) is 2.40. The maximum absolute atomic E-state index is 12.9. The molecule has 4 atom stereocenters. The molecule has 3 N–H and O–H groups in total. The summed E-state index contributed by atoms with van der Waals surface area (Å²) in [7, 11) is 1.59. The molecule has 5 rings (SSSR count). The molecule has 2 aliphatic heterocycles. The summed E-state index contributed by atoms with van der Waals surface area (Å²) >= 11 is 0. The van der Waals surface area contributed by atoms with Crippen LogP contribution in [0.4, 0.5) is 0 Å². The summed E-state index contributed by atoms with van der Waals surface area (Å²) in [4.78, 5) is 25.4. The molecule has 1 saturated heterocycles. The molecule has 1 saturated carbocycles. The molecule has 144 valence electrons. The zero-order chi connectivity index (χ0) is 19.3. The van der Waals surface area contributed by atoms with Crippen LogP contribution in [-0.4, -0.2) is 44.6 Å². The van der Waals surface area contributed by atoms with Crippen molar-refractivity contribution in [2.45, 2.75) is 12.0 Å². The van der Waals surface area contributed by atoms with Crippen molar-refractivity contribution in [3.8, 4) is 5.75 Å². The average molecular weight is 377 g/mol. The highest BCUT2D eigenvalue weighted by atomic mass is 16.5. The molecule has 6 nitrogen and oxygen atoms in total. The maximum Gasteiger partial charge on any atom is 0.254 e. The second-order valence-electron chi connectivity index (χ2n) is 7.78. The summed E-state index contributed by atoms with van der Waals surface area (Å²) in [6, 6.07) is 13.8. The van der Waals surface area contributed by atoms with Crippen LogP contribution >= 0.6 is 0 Å². The highest BCUT2D eigenvalue weighted by Gasteiger charge is 2.53. The Morgan fingerprint density at radius 3 is 2.54 bits per heavy atom. The van der Waals surface area contributed by atoms with Gasteiger partial charge < -0.3 is 20.7 Å². The summed E-state index contributed by atoms with van der Waals surface area (Å²) in [5.41, 5.74) is 2.95. The van der Waals surface area contributed by atoms with Crippen LogP contribution in [0.1, 0.15) is 37.8 Å². The molecule has 0 aromatic heterocycles. The van der Waals surface area contributed by atoms with E-state index in [1.165, 1.54) is 0 Å². The molecule has 2 heterocycles. The number of hydrogen-bond donors (Lipinski definition) is 3. The molecule has 1 unspecified atom stereocenters. The number of amides is 2. The minimum Gasteiger partial charge on any atom is -0.491 e. The predicted molar refractivity (Wildman–Crippen MR) is 105 cm³/mol. The Kier molecular flexibility index (Phi) is 4.09. The number of carbonyl (C=O) groups is 2. The second-order valence-corrected chi connectivity index (χ2v) is 7.78. The first kappa shape index (κ1) is 17.3. The van der Waals surface area contributed by atoms with Gasteiger partial charge in [0.25, 0.3) is 11.8 Å². The van der Waals surface area contributed by atoms with Crippen LogP contribution < -0.4 is 20.7 Å². The summed E-state index contributed by atoms with van der Waals surface area (Å²) in [5.74, 6) is 1.31. The van der Waals surface area contributed by atoms with Crippen LogP contribution in [0, 0.1) is 11.8 Å². The first-order chi connectivity index (χ1) is 13.7. The van der Waals surface area contributed by atoms with Gasteiger partial charge in [0.2, 0.25) is 0 Å². The van der Waals surface area contributed by atoms with E-state index in [0.29, 0.717) is 35.3 Å². The molecule has 0 bridgehead atoms. The van der Waals surface area contributed by atoms with E-state index < -0.39 is 0 Å². The zero-order valence-corrected chi connectivity index (χ0v) is 15.7. The van der Waals surface area contributed by atoms with Crippen LogP contribution in [0.15, 0.2) is 42.5 Å². The van der Waals surface area contributed by atoms with Crippen molar-refractivity contribution in [2.75, 3.05) is 26.7 Å².